The molecule has 3 heterocycles. The van der Waals surface area contributed by atoms with Gasteiger partial charge in [-0.3, -0.25) is 4.68 Å². The van der Waals surface area contributed by atoms with Crippen LogP contribution in [0.3, 0.4) is 0 Å². The van der Waals surface area contributed by atoms with Crippen molar-refractivity contribution < 1.29 is 0 Å². The Balaban J connectivity index is 1.57. The second-order valence-corrected chi connectivity index (χ2v) is 6.20. The molecule has 3 aromatic heterocycles. The summed E-state index contributed by atoms with van der Waals surface area (Å²) in [5.74, 6) is 1.54. The molecule has 1 aromatic carbocycles. The average molecular weight is 345 g/mol. The van der Waals surface area contributed by atoms with Crippen LogP contribution in [0.15, 0.2) is 55.2 Å². The maximum Gasteiger partial charge on any atom is 0.147 e. The SMILES string of the molecule is Cc1ncn(-c2ccc(Nc3cc(-c4cnn(C)c4)c(C)cn3)cc2)n1. The molecule has 1 N–H and O–H groups in total. The summed E-state index contributed by atoms with van der Waals surface area (Å²) < 4.78 is 3.55. The second kappa shape index (κ2) is 6.44. The number of rotatable bonds is 4. The van der Waals surface area contributed by atoms with E-state index in [1.807, 2.05) is 69.8 Å². The molecule has 0 aliphatic heterocycles. The van der Waals surface area contributed by atoms with Gasteiger partial charge in [0.05, 0.1) is 11.9 Å². The summed E-state index contributed by atoms with van der Waals surface area (Å²) >= 11 is 0. The number of hydrogen-bond acceptors (Lipinski definition) is 5. The third-order valence-corrected chi connectivity index (χ3v) is 4.13. The van der Waals surface area contributed by atoms with E-state index in [0.717, 1.165) is 39.7 Å². The summed E-state index contributed by atoms with van der Waals surface area (Å²) in [6.45, 7) is 3.92. The molecular weight excluding hydrogens is 326 g/mol. The lowest BCUT2D eigenvalue weighted by molar-refractivity contribution is 0.768. The molecule has 0 bridgehead atoms. The van der Waals surface area contributed by atoms with Crippen molar-refractivity contribution in [1.82, 2.24) is 29.5 Å². The number of benzene rings is 1. The zero-order valence-corrected chi connectivity index (χ0v) is 14.9. The van der Waals surface area contributed by atoms with Crippen LogP contribution in [0.5, 0.6) is 0 Å². The number of hydrogen-bond donors (Lipinski definition) is 1. The van der Waals surface area contributed by atoms with E-state index in [1.165, 1.54) is 0 Å². The average Bonchev–Trinajstić information content (AvgIpc) is 3.26. The molecule has 130 valence electrons. The van der Waals surface area contributed by atoms with Crippen LogP contribution in [-0.2, 0) is 7.05 Å². The van der Waals surface area contributed by atoms with Crippen molar-refractivity contribution in [3.8, 4) is 16.8 Å². The highest BCUT2D eigenvalue weighted by molar-refractivity contribution is 5.70. The normalized spacial score (nSPS) is 10.9. The van der Waals surface area contributed by atoms with E-state index >= 15 is 0 Å². The zero-order chi connectivity index (χ0) is 18.1. The largest absolute Gasteiger partial charge is 0.340 e. The van der Waals surface area contributed by atoms with Gasteiger partial charge in [0.15, 0.2) is 0 Å². The second-order valence-electron chi connectivity index (χ2n) is 6.20. The minimum atomic E-state index is 0.749. The highest BCUT2D eigenvalue weighted by Gasteiger charge is 2.07. The smallest absolute Gasteiger partial charge is 0.147 e. The Morgan fingerprint density at radius 1 is 1.00 bits per heavy atom. The van der Waals surface area contributed by atoms with Gasteiger partial charge in [-0.25, -0.2) is 14.6 Å². The quantitative estimate of drug-likeness (QED) is 0.613. The van der Waals surface area contributed by atoms with Crippen molar-refractivity contribution in [2.75, 3.05) is 5.32 Å². The molecule has 4 aromatic rings. The Hall–Kier alpha value is -3.48. The van der Waals surface area contributed by atoms with E-state index in [2.05, 4.69) is 25.5 Å². The van der Waals surface area contributed by atoms with Crippen LogP contribution in [-0.4, -0.2) is 29.5 Å². The number of nitrogens with zero attached hydrogens (tertiary/aromatic N) is 6. The minimum absolute atomic E-state index is 0.749. The molecule has 0 amide bonds. The van der Waals surface area contributed by atoms with Crippen LogP contribution in [0, 0.1) is 13.8 Å². The van der Waals surface area contributed by atoms with Gasteiger partial charge in [0.1, 0.15) is 18.0 Å². The van der Waals surface area contributed by atoms with Gasteiger partial charge in [0.2, 0.25) is 0 Å². The molecular formula is C19H19N7. The van der Waals surface area contributed by atoms with E-state index in [0.29, 0.717) is 0 Å². The van der Waals surface area contributed by atoms with Crippen LogP contribution in [0.4, 0.5) is 11.5 Å². The van der Waals surface area contributed by atoms with E-state index < -0.39 is 0 Å². The molecule has 0 saturated carbocycles. The van der Waals surface area contributed by atoms with Crippen LogP contribution in [0.2, 0.25) is 0 Å². The lowest BCUT2D eigenvalue weighted by Gasteiger charge is -2.10. The Morgan fingerprint density at radius 2 is 1.81 bits per heavy atom. The van der Waals surface area contributed by atoms with Crippen molar-refractivity contribution in [3.05, 3.63) is 66.6 Å². The number of aromatic nitrogens is 6. The Bertz CT molecular complexity index is 1040. The number of aryl methyl sites for hydroxylation is 3. The number of pyridine rings is 1. The molecule has 0 aliphatic rings. The predicted molar refractivity (Wildman–Crippen MR) is 101 cm³/mol. The van der Waals surface area contributed by atoms with E-state index in [-0.39, 0.29) is 0 Å². The molecule has 7 heteroatoms. The summed E-state index contributed by atoms with van der Waals surface area (Å²) in [6.07, 6.45) is 7.44. The van der Waals surface area contributed by atoms with Gasteiger partial charge in [0, 0.05) is 30.7 Å². The molecule has 0 saturated heterocycles. The Kier molecular flexibility index (Phi) is 3.96. The van der Waals surface area contributed by atoms with Gasteiger partial charge >= 0.3 is 0 Å². The van der Waals surface area contributed by atoms with Crippen molar-refractivity contribution in [2.24, 2.45) is 7.05 Å². The van der Waals surface area contributed by atoms with Crippen LogP contribution < -0.4 is 5.32 Å². The first-order valence-electron chi connectivity index (χ1n) is 8.30. The Labute approximate surface area is 151 Å². The summed E-state index contributed by atoms with van der Waals surface area (Å²) in [5.41, 5.74) is 5.22. The maximum atomic E-state index is 4.48. The summed E-state index contributed by atoms with van der Waals surface area (Å²) in [7, 11) is 1.91. The van der Waals surface area contributed by atoms with Gasteiger partial charge in [0.25, 0.3) is 0 Å². The lowest BCUT2D eigenvalue weighted by atomic mass is 10.1. The van der Waals surface area contributed by atoms with Crippen molar-refractivity contribution >= 4 is 11.5 Å². The molecule has 26 heavy (non-hydrogen) atoms. The highest BCUT2D eigenvalue weighted by atomic mass is 15.3. The van der Waals surface area contributed by atoms with Crippen LogP contribution >= 0.6 is 0 Å². The molecule has 7 nitrogen and oxygen atoms in total. The molecule has 0 aliphatic carbocycles. The molecule has 0 spiro atoms. The highest BCUT2D eigenvalue weighted by Crippen LogP contribution is 2.26. The van der Waals surface area contributed by atoms with Crippen molar-refractivity contribution in [3.63, 3.8) is 0 Å². The first-order chi connectivity index (χ1) is 12.6. The molecule has 0 atom stereocenters. The zero-order valence-electron chi connectivity index (χ0n) is 14.9. The van der Waals surface area contributed by atoms with Gasteiger partial charge in [-0.15, -0.1) is 0 Å². The molecule has 4 rings (SSSR count). The van der Waals surface area contributed by atoms with Crippen molar-refractivity contribution in [2.45, 2.75) is 13.8 Å². The number of anilines is 2. The summed E-state index contributed by atoms with van der Waals surface area (Å²) in [5, 5.41) is 11.9. The molecule has 0 radical (unpaired) electrons. The van der Waals surface area contributed by atoms with Crippen LogP contribution in [0.1, 0.15) is 11.4 Å². The van der Waals surface area contributed by atoms with Gasteiger partial charge in [-0.1, -0.05) is 0 Å². The van der Waals surface area contributed by atoms with Crippen molar-refractivity contribution in [1.29, 1.82) is 0 Å². The standard InChI is InChI=1S/C19H19N7/c1-13-9-20-19(8-18(13)15-10-22-25(3)11-15)23-16-4-6-17(7-5-16)26-12-21-14(2)24-26/h4-12H,1-3H3,(H,20,23). The first kappa shape index (κ1) is 16.0. The fourth-order valence-electron chi connectivity index (χ4n) is 2.78. The number of nitrogens with one attached hydrogen (secondary N) is 1. The van der Waals surface area contributed by atoms with Gasteiger partial charge in [-0.05, 0) is 55.3 Å². The maximum absolute atomic E-state index is 4.48. The monoisotopic (exact) mass is 345 g/mol. The third-order valence-electron chi connectivity index (χ3n) is 4.13. The van der Waals surface area contributed by atoms with Gasteiger partial charge in [-0.2, -0.15) is 10.2 Å². The first-order valence-corrected chi connectivity index (χ1v) is 8.30. The Morgan fingerprint density at radius 3 is 2.46 bits per heavy atom. The fraction of sp³-hybridized carbons (Fsp3) is 0.158. The van der Waals surface area contributed by atoms with E-state index in [1.54, 1.807) is 15.7 Å². The van der Waals surface area contributed by atoms with E-state index in [4.69, 9.17) is 0 Å². The summed E-state index contributed by atoms with van der Waals surface area (Å²) in [6, 6.07) is 10.0. The predicted octanol–water partition coefficient (Wildman–Crippen LogP) is 3.42. The van der Waals surface area contributed by atoms with Crippen LogP contribution in [0.25, 0.3) is 16.8 Å². The molecule has 0 unspecified atom stereocenters. The summed E-state index contributed by atoms with van der Waals surface area (Å²) in [4.78, 5) is 8.64. The lowest BCUT2D eigenvalue weighted by Crippen LogP contribution is -1.97. The fourth-order valence-corrected chi connectivity index (χ4v) is 2.78. The van der Waals surface area contributed by atoms with Gasteiger partial charge < -0.3 is 5.32 Å². The third kappa shape index (κ3) is 3.19. The molecule has 0 fully saturated rings. The minimum Gasteiger partial charge on any atom is -0.340 e. The van der Waals surface area contributed by atoms with E-state index in [9.17, 15) is 0 Å². The topological polar surface area (TPSA) is 73.5 Å².